The molecule has 0 saturated carbocycles. The molecule has 10 unspecified atom stereocenters. The summed E-state index contributed by atoms with van der Waals surface area (Å²) in [5.74, 6) is -0.964. The van der Waals surface area contributed by atoms with Gasteiger partial charge in [-0.25, -0.2) is 4.79 Å². The van der Waals surface area contributed by atoms with Gasteiger partial charge in [0.15, 0.2) is 6.10 Å². The molecule has 2 aliphatic rings. The molecule has 44 heavy (non-hydrogen) atoms. The second-order valence-electron chi connectivity index (χ2n) is 13.3. The maximum atomic E-state index is 12.7. The van der Waals surface area contributed by atoms with Crippen molar-refractivity contribution in [3.05, 3.63) is 36.0 Å². The number of cyclic esters (lactones) is 1. The van der Waals surface area contributed by atoms with Gasteiger partial charge in [-0.2, -0.15) is 0 Å². The number of alkyl carbamates (subject to hydrolysis) is 1. The lowest BCUT2D eigenvalue weighted by Gasteiger charge is -2.32. The molecule has 11 heteroatoms. The van der Waals surface area contributed by atoms with Crippen LogP contribution in [0.5, 0.6) is 0 Å². The first-order chi connectivity index (χ1) is 20.5. The topological polar surface area (TPSA) is 161 Å². The molecule has 0 aliphatic carbocycles. The minimum absolute atomic E-state index is 0.0121. The molecule has 11 nitrogen and oxygen atoms in total. The molecule has 1 fully saturated rings. The van der Waals surface area contributed by atoms with Crippen LogP contribution in [0.1, 0.15) is 73.6 Å². The average Bonchev–Trinajstić information content (AvgIpc) is 3.68. The number of carbonyl (C=O) groups excluding carboxylic acids is 2. The molecule has 0 radical (unpaired) electrons. The van der Waals surface area contributed by atoms with Crippen molar-refractivity contribution in [2.24, 2.45) is 11.8 Å². The lowest BCUT2D eigenvalue weighted by Crippen LogP contribution is -2.45. The van der Waals surface area contributed by atoms with Gasteiger partial charge >= 0.3 is 12.1 Å². The molecule has 0 aromatic rings. The second kappa shape index (κ2) is 16.9. The van der Waals surface area contributed by atoms with Gasteiger partial charge in [-0.05, 0) is 65.8 Å². The first kappa shape index (κ1) is 37.9. The maximum Gasteiger partial charge on any atom is 0.407 e. The number of aliphatic hydroxyl groups excluding tert-OH is 2. The number of ether oxygens (including phenoxy) is 3. The summed E-state index contributed by atoms with van der Waals surface area (Å²) >= 11 is 0. The summed E-state index contributed by atoms with van der Waals surface area (Å²) in [6, 6.07) is 0. The van der Waals surface area contributed by atoms with E-state index in [1.807, 2.05) is 39.8 Å². The fourth-order valence-corrected chi connectivity index (χ4v) is 5.34. The number of esters is 1. The van der Waals surface area contributed by atoms with Crippen LogP contribution >= 0.6 is 0 Å². The lowest BCUT2D eigenvalue weighted by molar-refractivity contribution is -0.151. The van der Waals surface area contributed by atoms with E-state index in [1.54, 1.807) is 44.2 Å². The third-order valence-corrected chi connectivity index (χ3v) is 8.43. The zero-order valence-corrected chi connectivity index (χ0v) is 27.7. The van der Waals surface area contributed by atoms with Crippen molar-refractivity contribution in [3.63, 3.8) is 0 Å². The Kier molecular flexibility index (Phi) is 14.5. The van der Waals surface area contributed by atoms with Gasteiger partial charge in [-0.15, -0.1) is 0 Å². The van der Waals surface area contributed by atoms with Crippen molar-refractivity contribution >= 4 is 12.1 Å². The number of carbonyl (C=O) groups is 2. The summed E-state index contributed by atoms with van der Waals surface area (Å²) in [5, 5.41) is 45.4. The fourth-order valence-electron chi connectivity index (χ4n) is 5.34. The minimum atomic E-state index is -1.50. The Morgan fingerprint density at radius 2 is 2.02 bits per heavy atom. The van der Waals surface area contributed by atoms with Gasteiger partial charge in [-0.1, -0.05) is 45.1 Å². The van der Waals surface area contributed by atoms with E-state index in [0.29, 0.717) is 31.5 Å². The van der Waals surface area contributed by atoms with Gasteiger partial charge < -0.3 is 44.9 Å². The number of epoxide rings is 1. The number of hydrogen-bond acceptors (Lipinski definition) is 10. The Morgan fingerprint density at radius 3 is 2.66 bits per heavy atom. The molecule has 0 aromatic heterocycles. The number of nitrogens with one attached hydrogen (secondary N) is 1. The van der Waals surface area contributed by atoms with Crippen molar-refractivity contribution < 1.29 is 44.2 Å². The van der Waals surface area contributed by atoms with Crippen LogP contribution in [-0.2, 0) is 19.0 Å². The second-order valence-corrected chi connectivity index (χ2v) is 13.3. The Labute approximate surface area is 262 Å². The van der Waals surface area contributed by atoms with Gasteiger partial charge in [0, 0.05) is 31.3 Å². The van der Waals surface area contributed by atoms with Gasteiger partial charge in [-0.3, -0.25) is 4.79 Å². The molecule has 0 spiro atoms. The lowest BCUT2D eigenvalue weighted by atomic mass is 9.88. The van der Waals surface area contributed by atoms with E-state index >= 15 is 0 Å². The van der Waals surface area contributed by atoms with Crippen LogP contribution < -0.4 is 5.32 Å². The highest BCUT2D eigenvalue weighted by molar-refractivity contribution is 5.70. The van der Waals surface area contributed by atoms with Crippen molar-refractivity contribution in [2.45, 2.75) is 121 Å². The first-order valence-corrected chi connectivity index (χ1v) is 15.7. The number of rotatable bonds is 12. The predicted molar refractivity (Wildman–Crippen MR) is 168 cm³/mol. The van der Waals surface area contributed by atoms with E-state index in [2.05, 4.69) is 5.32 Å². The van der Waals surface area contributed by atoms with Crippen LogP contribution in [0.2, 0.25) is 0 Å². The van der Waals surface area contributed by atoms with Gasteiger partial charge in [0.05, 0.1) is 36.4 Å². The highest BCUT2D eigenvalue weighted by Gasteiger charge is 2.47. The zero-order chi connectivity index (χ0) is 33.2. The summed E-state index contributed by atoms with van der Waals surface area (Å²) in [4.78, 5) is 27.2. The average molecular weight is 625 g/mol. The molecule has 1 saturated heterocycles. The summed E-state index contributed by atoms with van der Waals surface area (Å²) in [6.07, 6.45) is 5.34. The van der Waals surface area contributed by atoms with Crippen LogP contribution in [0, 0.1) is 11.8 Å². The summed E-state index contributed by atoms with van der Waals surface area (Å²) in [7, 11) is 3.77. The van der Waals surface area contributed by atoms with Crippen LogP contribution in [-0.4, -0.2) is 112 Å². The molecular weight excluding hydrogens is 568 g/mol. The number of amides is 1. The Morgan fingerprint density at radius 1 is 1.34 bits per heavy atom. The monoisotopic (exact) mass is 624 g/mol. The number of allylic oxidation sites excluding steroid dienone is 2. The van der Waals surface area contributed by atoms with E-state index in [0.717, 1.165) is 0 Å². The van der Waals surface area contributed by atoms with E-state index in [4.69, 9.17) is 14.2 Å². The van der Waals surface area contributed by atoms with Crippen LogP contribution in [0.25, 0.3) is 0 Å². The van der Waals surface area contributed by atoms with Crippen LogP contribution in [0.3, 0.4) is 0 Å². The predicted octanol–water partition coefficient (Wildman–Crippen LogP) is 2.86. The van der Waals surface area contributed by atoms with Crippen LogP contribution in [0.15, 0.2) is 36.0 Å². The summed E-state index contributed by atoms with van der Waals surface area (Å²) in [6.45, 7) is 11.7. The number of aliphatic hydroxyl groups is 4. The Hall–Kier alpha value is -2.28. The van der Waals surface area contributed by atoms with Crippen molar-refractivity contribution in [1.82, 2.24) is 10.2 Å². The summed E-state index contributed by atoms with van der Waals surface area (Å²) in [5.41, 5.74) is -1.96. The fraction of sp³-hybridized carbons (Fsp3) is 0.758. The molecule has 2 aliphatic heterocycles. The first-order valence-electron chi connectivity index (χ1n) is 15.7. The molecule has 252 valence electrons. The normalized spacial score (nSPS) is 33.1. The number of hydrogen-bond donors (Lipinski definition) is 5. The minimum Gasteiger partial charge on any atom is -0.457 e. The molecular formula is C33H56N2O9. The van der Waals surface area contributed by atoms with E-state index in [1.165, 1.54) is 6.92 Å². The molecule has 2 heterocycles. The van der Waals surface area contributed by atoms with Gasteiger partial charge in [0.1, 0.15) is 11.7 Å². The Bertz CT molecular complexity index is 1020. The molecule has 0 bridgehead atoms. The van der Waals surface area contributed by atoms with Crippen LogP contribution in [0.4, 0.5) is 4.79 Å². The zero-order valence-electron chi connectivity index (χ0n) is 27.7. The number of nitrogens with zero attached hydrogens (tertiary/aromatic N) is 1. The SMILES string of the molecule is CCC(O)C(C)C1OC1CC(C)(O)C=CC=C(C)C1OC(=O)CC(O)CCC(C)(O)C(OC(=O)NCCN(C)C)C=CC1C. The molecule has 5 N–H and O–H groups in total. The van der Waals surface area contributed by atoms with Crippen molar-refractivity contribution in [1.29, 1.82) is 0 Å². The number of likely N-dealkylation sites (N-methyl/N-ethyl adjacent to an activating group) is 1. The van der Waals surface area contributed by atoms with Gasteiger partial charge in [0.25, 0.3) is 0 Å². The molecule has 1 amide bonds. The quantitative estimate of drug-likeness (QED) is 0.0945. The summed E-state index contributed by atoms with van der Waals surface area (Å²) < 4.78 is 17.1. The van der Waals surface area contributed by atoms with E-state index in [-0.39, 0.29) is 43.3 Å². The smallest absolute Gasteiger partial charge is 0.407 e. The van der Waals surface area contributed by atoms with Gasteiger partial charge in [0.2, 0.25) is 0 Å². The van der Waals surface area contributed by atoms with Crippen molar-refractivity contribution in [3.8, 4) is 0 Å². The third kappa shape index (κ3) is 12.6. The van der Waals surface area contributed by atoms with Crippen molar-refractivity contribution in [2.75, 3.05) is 27.2 Å². The Balaban J connectivity index is 2.19. The molecule has 2 rings (SSSR count). The highest BCUT2D eigenvalue weighted by Crippen LogP contribution is 2.37. The van der Waals surface area contributed by atoms with E-state index in [9.17, 15) is 30.0 Å². The maximum absolute atomic E-state index is 12.7. The third-order valence-electron chi connectivity index (χ3n) is 8.43. The largest absolute Gasteiger partial charge is 0.457 e. The molecule has 0 aromatic carbocycles. The standard InChI is InChI=1S/C33H56N2O9/c1-9-25(37)23(4)30-26(42-30)20-32(5,40)15-10-11-21(2)29-22(3)12-13-27(43-31(39)34-17-18-35(7)8)33(6,41)16-14-24(36)19-28(38)44-29/h10-13,15,22-27,29-30,36-37,40-41H,9,14,16-20H2,1-8H3,(H,34,39). The molecule has 10 atom stereocenters. The highest BCUT2D eigenvalue weighted by atomic mass is 16.6. The van der Waals surface area contributed by atoms with E-state index < -0.39 is 47.7 Å².